The summed E-state index contributed by atoms with van der Waals surface area (Å²) in [5.74, 6) is 0.741. The smallest absolute Gasteiger partial charge is 0.216 e. The van der Waals surface area contributed by atoms with E-state index in [2.05, 4.69) is 28.8 Å². The third kappa shape index (κ3) is 3.86. The number of pyridine rings is 2. The number of ketones is 1. The lowest BCUT2D eigenvalue weighted by atomic mass is 9.94. The third-order valence-corrected chi connectivity index (χ3v) is 5.18. The zero-order valence-corrected chi connectivity index (χ0v) is 16.7. The zero-order chi connectivity index (χ0) is 18.8. The van der Waals surface area contributed by atoms with E-state index in [9.17, 15) is 4.79 Å². The van der Waals surface area contributed by atoms with Gasteiger partial charge >= 0.3 is 0 Å². The number of halogens is 1. The van der Waals surface area contributed by atoms with E-state index in [-0.39, 0.29) is 18.1 Å². The molecule has 3 aromatic rings. The minimum absolute atomic E-state index is 0.0577. The Hall–Kier alpha value is -2.05. The van der Waals surface area contributed by atoms with Gasteiger partial charge in [0.2, 0.25) is 5.88 Å². The lowest BCUT2D eigenvalue weighted by Crippen LogP contribution is -2.11. The Balaban J connectivity index is 1.90. The quantitative estimate of drug-likeness (QED) is 0.619. The maximum Gasteiger partial charge on any atom is 0.216 e. The highest BCUT2D eigenvalue weighted by atomic mass is 35.5. The molecule has 7 heteroatoms. The standard InChI is InChI=1S/C19H20ClN3O2S/c1-10(2)16-13(8-22-19-17(16)23-11(3)26-19)7-15(24)6-12-5-14(20)9-21-18(12)25-4/h5,8-10H,6-7H2,1-4H3. The molecule has 0 atom stereocenters. The van der Waals surface area contributed by atoms with E-state index in [1.54, 1.807) is 23.6 Å². The first-order valence-electron chi connectivity index (χ1n) is 8.34. The number of carbonyl (C=O) groups excluding carboxylic acids is 1. The predicted octanol–water partition coefficient (Wildman–Crippen LogP) is 4.53. The topological polar surface area (TPSA) is 65.0 Å². The first-order valence-corrected chi connectivity index (χ1v) is 9.53. The summed E-state index contributed by atoms with van der Waals surface area (Å²) >= 11 is 7.58. The number of carbonyl (C=O) groups is 1. The fourth-order valence-corrected chi connectivity index (χ4v) is 4.04. The highest BCUT2D eigenvalue weighted by molar-refractivity contribution is 7.18. The van der Waals surface area contributed by atoms with Gasteiger partial charge in [0.25, 0.3) is 0 Å². The molecule has 5 nitrogen and oxygen atoms in total. The van der Waals surface area contributed by atoms with E-state index in [4.69, 9.17) is 16.3 Å². The van der Waals surface area contributed by atoms with Crippen molar-refractivity contribution in [2.24, 2.45) is 0 Å². The van der Waals surface area contributed by atoms with E-state index in [1.807, 2.05) is 6.92 Å². The molecule has 0 aliphatic carbocycles. The van der Waals surface area contributed by atoms with Crippen molar-refractivity contribution in [1.82, 2.24) is 15.0 Å². The van der Waals surface area contributed by atoms with Crippen LogP contribution in [0.3, 0.4) is 0 Å². The molecule has 0 saturated carbocycles. The van der Waals surface area contributed by atoms with Crippen LogP contribution in [-0.2, 0) is 17.6 Å². The summed E-state index contributed by atoms with van der Waals surface area (Å²) in [6.45, 7) is 6.20. The molecule has 0 amide bonds. The summed E-state index contributed by atoms with van der Waals surface area (Å²) in [6.07, 6.45) is 3.82. The minimum Gasteiger partial charge on any atom is -0.481 e. The number of fused-ring (bicyclic) bond motifs is 1. The number of rotatable bonds is 6. The van der Waals surface area contributed by atoms with Crippen molar-refractivity contribution >= 4 is 39.1 Å². The van der Waals surface area contributed by atoms with Gasteiger partial charge in [-0.15, -0.1) is 0 Å². The molecule has 0 saturated heterocycles. The van der Waals surface area contributed by atoms with Crippen molar-refractivity contribution in [2.45, 2.75) is 39.5 Å². The normalized spacial score (nSPS) is 11.3. The Labute approximate surface area is 161 Å². The van der Waals surface area contributed by atoms with Crippen LogP contribution in [0.15, 0.2) is 18.5 Å². The molecular weight excluding hydrogens is 370 g/mol. The van der Waals surface area contributed by atoms with Crippen LogP contribution in [0.2, 0.25) is 5.02 Å². The Bertz CT molecular complexity index is 969. The number of methoxy groups -OCH3 is 1. The van der Waals surface area contributed by atoms with Crippen LogP contribution in [0.25, 0.3) is 10.3 Å². The van der Waals surface area contributed by atoms with Crippen molar-refractivity contribution in [3.8, 4) is 5.88 Å². The second-order valence-electron chi connectivity index (χ2n) is 6.45. The molecule has 0 spiro atoms. The maximum atomic E-state index is 12.7. The first-order chi connectivity index (χ1) is 12.4. The zero-order valence-electron chi connectivity index (χ0n) is 15.2. The first kappa shape index (κ1) is 18.7. The van der Waals surface area contributed by atoms with Crippen LogP contribution >= 0.6 is 22.9 Å². The number of aryl methyl sites for hydroxylation is 1. The number of hydrogen-bond donors (Lipinski definition) is 0. The molecule has 0 N–H and O–H groups in total. The Morgan fingerprint density at radius 1 is 1.23 bits per heavy atom. The maximum absolute atomic E-state index is 12.7. The molecule has 3 rings (SSSR count). The van der Waals surface area contributed by atoms with Gasteiger partial charge in [-0.3, -0.25) is 4.79 Å². The average Bonchev–Trinajstić information content (AvgIpc) is 2.94. The van der Waals surface area contributed by atoms with Gasteiger partial charge in [-0.1, -0.05) is 36.8 Å². The van der Waals surface area contributed by atoms with Crippen molar-refractivity contribution in [3.63, 3.8) is 0 Å². The number of Topliss-reactive ketones (excluding diaryl/α,β-unsaturated/α-hetero) is 1. The fraction of sp³-hybridized carbons (Fsp3) is 0.368. The van der Waals surface area contributed by atoms with Crippen molar-refractivity contribution < 1.29 is 9.53 Å². The third-order valence-electron chi connectivity index (χ3n) is 4.09. The van der Waals surface area contributed by atoms with Gasteiger partial charge < -0.3 is 4.74 Å². The van der Waals surface area contributed by atoms with E-state index in [0.29, 0.717) is 22.9 Å². The summed E-state index contributed by atoms with van der Waals surface area (Å²) in [6, 6.07) is 1.72. The lowest BCUT2D eigenvalue weighted by Gasteiger charge is -2.13. The molecule has 0 fully saturated rings. The second kappa shape index (κ2) is 7.68. The molecule has 0 bridgehead atoms. The number of ether oxygens (including phenoxy) is 1. The highest BCUT2D eigenvalue weighted by Crippen LogP contribution is 2.31. The summed E-state index contributed by atoms with van der Waals surface area (Å²) in [5, 5.41) is 1.46. The van der Waals surface area contributed by atoms with Gasteiger partial charge in [-0.25, -0.2) is 15.0 Å². The molecular formula is C19H20ClN3O2S. The van der Waals surface area contributed by atoms with Crippen LogP contribution in [0.4, 0.5) is 0 Å². The van der Waals surface area contributed by atoms with Gasteiger partial charge in [-0.2, -0.15) is 0 Å². The summed E-state index contributed by atoms with van der Waals surface area (Å²) in [5.41, 5.74) is 3.63. The molecule has 26 heavy (non-hydrogen) atoms. The Morgan fingerprint density at radius 2 is 1.96 bits per heavy atom. The summed E-state index contributed by atoms with van der Waals surface area (Å²) < 4.78 is 5.23. The molecule has 136 valence electrons. The van der Waals surface area contributed by atoms with Crippen LogP contribution < -0.4 is 4.74 Å². The van der Waals surface area contributed by atoms with Crippen LogP contribution in [0.1, 0.15) is 41.5 Å². The SMILES string of the molecule is COc1ncc(Cl)cc1CC(=O)Cc1cnc2sc(C)nc2c1C(C)C. The van der Waals surface area contributed by atoms with Gasteiger partial charge in [0.15, 0.2) is 0 Å². The molecule has 3 aromatic heterocycles. The number of hydrogen-bond acceptors (Lipinski definition) is 6. The van der Waals surface area contributed by atoms with E-state index in [1.165, 1.54) is 13.3 Å². The molecule has 0 aliphatic heterocycles. The fourth-order valence-electron chi connectivity index (χ4n) is 3.09. The largest absolute Gasteiger partial charge is 0.481 e. The lowest BCUT2D eigenvalue weighted by molar-refractivity contribution is -0.117. The molecule has 0 unspecified atom stereocenters. The summed E-state index contributed by atoms with van der Waals surface area (Å²) in [4.78, 5) is 26.9. The Morgan fingerprint density at radius 3 is 2.65 bits per heavy atom. The van der Waals surface area contributed by atoms with Crippen molar-refractivity contribution in [1.29, 1.82) is 0 Å². The van der Waals surface area contributed by atoms with E-state index >= 15 is 0 Å². The van der Waals surface area contributed by atoms with Crippen LogP contribution in [-0.4, -0.2) is 27.8 Å². The average molecular weight is 390 g/mol. The molecule has 3 heterocycles. The van der Waals surface area contributed by atoms with Crippen LogP contribution in [0.5, 0.6) is 5.88 Å². The van der Waals surface area contributed by atoms with E-state index < -0.39 is 0 Å². The van der Waals surface area contributed by atoms with E-state index in [0.717, 1.165) is 26.5 Å². The number of thiazole rings is 1. The van der Waals surface area contributed by atoms with Gasteiger partial charge in [0.05, 0.1) is 17.1 Å². The molecule has 0 aromatic carbocycles. The monoisotopic (exact) mass is 389 g/mol. The van der Waals surface area contributed by atoms with Gasteiger partial charge in [-0.05, 0) is 30.0 Å². The van der Waals surface area contributed by atoms with Crippen molar-refractivity contribution in [3.05, 3.63) is 45.2 Å². The number of nitrogens with zero attached hydrogens (tertiary/aromatic N) is 3. The second-order valence-corrected chi connectivity index (χ2v) is 8.07. The number of aromatic nitrogens is 3. The Kier molecular flexibility index (Phi) is 5.53. The minimum atomic E-state index is 0.0577. The van der Waals surface area contributed by atoms with Gasteiger partial charge in [0.1, 0.15) is 16.1 Å². The predicted molar refractivity (Wildman–Crippen MR) is 104 cm³/mol. The van der Waals surface area contributed by atoms with Gasteiger partial charge in [0, 0.05) is 30.8 Å². The van der Waals surface area contributed by atoms with Crippen LogP contribution in [0, 0.1) is 6.92 Å². The van der Waals surface area contributed by atoms with Crippen molar-refractivity contribution in [2.75, 3.05) is 7.11 Å². The molecule has 0 radical (unpaired) electrons. The molecule has 0 aliphatic rings. The summed E-state index contributed by atoms with van der Waals surface area (Å²) in [7, 11) is 1.53. The highest BCUT2D eigenvalue weighted by Gasteiger charge is 2.19.